The number of nitrogens with two attached hydrogens (primary N) is 1. The lowest BCUT2D eigenvalue weighted by Gasteiger charge is -2.12. The Hall–Kier alpha value is -1.89. The van der Waals surface area contributed by atoms with E-state index >= 15 is 0 Å². The number of nitrogens with one attached hydrogen (secondary N) is 1. The second-order valence-corrected chi connectivity index (χ2v) is 5.06. The molecule has 0 fully saturated rings. The van der Waals surface area contributed by atoms with E-state index in [9.17, 15) is 0 Å². The summed E-state index contributed by atoms with van der Waals surface area (Å²) in [6.45, 7) is 0. The molecule has 3 rings (SSSR count). The number of hydrazine groups is 1. The van der Waals surface area contributed by atoms with E-state index in [1.165, 1.54) is 11.5 Å². The highest BCUT2D eigenvalue weighted by Crippen LogP contribution is 2.20. The van der Waals surface area contributed by atoms with E-state index in [2.05, 4.69) is 32.1 Å². The Labute approximate surface area is 114 Å². The van der Waals surface area contributed by atoms with E-state index < -0.39 is 0 Å². The average Bonchev–Trinajstić information content (AvgIpc) is 2.98. The van der Waals surface area contributed by atoms with Crippen LogP contribution < -0.4 is 11.3 Å². The Kier molecular flexibility index (Phi) is 3.45. The van der Waals surface area contributed by atoms with Crippen LogP contribution in [0.15, 0.2) is 42.6 Å². The first-order chi connectivity index (χ1) is 9.36. The molecule has 1 atom stereocenters. The number of fused-ring (bicyclic) bond motifs is 1. The Bertz CT molecular complexity index is 668. The van der Waals surface area contributed by atoms with Gasteiger partial charge < -0.3 is 0 Å². The molecule has 96 valence electrons. The zero-order valence-electron chi connectivity index (χ0n) is 10.2. The van der Waals surface area contributed by atoms with Crippen LogP contribution in [-0.2, 0) is 6.42 Å². The molecule has 1 aromatic carbocycles. The van der Waals surface area contributed by atoms with Crippen molar-refractivity contribution >= 4 is 22.4 Å². The third-order valence-corrected chi connectivity index (χ3v) is 3.77. The smallest absolute Gasteiger partial charge is 0.0705 e. The van der Waals surface area contributed by atoms with Crippen LogP contribution in [0.3, 0.4) is 0 Å². The minimum atomic E-state index is -0.00587. The molecule has 0 aliphatic carbocycles. The first-order valence-electron chi connectivity index (χ1n) is 5.95. The number of hydrogen-bond donors (Lipinski definition) is 2. The Morgan fingerprint density at radius 1 is 1.21 bits per heavy atom. The fraction of sp³-hybridized carbons (Fsp3) is 0.154. The van der Waals surface area contributed by atoms with Gasteiger partial charge in [0.2, 0.25) is 0 Å². The number of pyridine rings is 1. The molecule has 0 aliphatic heterocycles. The van der Waals surface area contributed by atoms with Crippen LogP contribution in [0.5, 0.6) is 0 Å². The summed E-state index contributed by atoms with van der Waals surface area (Å²) in [5.41, 5.74) is 4.79. The van der Waals surface area contributed by atoms with Gasteiger partial charge in [-0.05, 0) is 23.7 Å². The van der Waals surface area contributed by atoms with Crippen LogP contribution >= 0.6 is 11.5 Å². The van der Waals surface area contributed by atoms with Crippen molar-refractivity contribution in [3.8, 4) is 0 Å². The van der Waals surface area contributed by atoms with Crippen LogP contribution in [0.1, 0.15) is 16.6 Å². The molecule has 0 amide bonds. The van der Waals surface area contributed by atoms with Gasteiger partial charge in [-0.3, -0.25) is 16.3 Å². The van der Waals surface area contributed by atoms with Gasteiger partial charge in [0.25, 0.3) is 0 Å². The fourth-order valence-corrected chi connectivity index (χ4v) is 2.56. The highest BCUT2D eigenvalue weighted by molar-refractivity contribution is 7.05. The highest BCUT2D eigenvalue weighted by Gasteiger charge is 2.13. The van der Waals surface area contributed by atoms with Crippen molar-refractivity contribution in [2.75, 3.05) is 0 Å². The summed E-state index contributed by atoms with van der Waals surface area (Å²) in [7, 11) is 0. The van der Waals surface area contributed by atoms with Crippen LogP contribution in [0.2, 0.25) is 0 Å². The lowest BCUT2D eigenvalue weighted by molar-refractivity contribution is 0.554. The molecule has 3 N–H and O–H groups in total. The van der Waals surface area contributed by atoms with Crippen molar-refractivity contribution in [3.63, 3.8) is 0 Å². The Morgan fingerprint density at radius 2 is 2.11 bits per heavy atom. The van der Waals surface area contributed by atoms with Gasteiger partial charge in [-0.2, -0.15) is 0 Å². The van der Waals surface area contributed by atoms with E-state index in [0.29, 0.717) is 6.42 Å². The Balaban J connectivity index is 1.88. The monoisotopic (exact) mass is 271 g/mol. The number of benzene rings is 1. The standard InChI is InChI=1S/C13H13N5S/c14-17-12(13-8-15-18-19-13)7-10-6-5-9-3-1-2-4-11(9)16-10/h1-6,8,12,17H,7,14H2. The van der Waals surface area contributed by atoms with E-state index in [0.717, 1.165) is 21.5 Å². The van der Waals surface area contributed by atoms with Gasteiger partial charge in [-0.25, -0.2) is 0 Å². The summed E-state index contributed by atoms with van der Waals surface area (Å²) in [4.78, 5) is 5.65. The number of hydrogen-bond acceptors (Lipinski definition) is 6. The summed E-state index contributed by atoms with van der Waals surface area (Å²) in [6, 6.07) is 12.2. The predicted octanol–water partition coefficient (Wildman–Crippen LogP) is 1.83. The second-order valence-electron chi connectivity index (χ2n) is 4.24. The fourth-order valence-electron chi connectivity index (χ4n) is 2.00. The van der Waals surface area contributed by atoms with E-state index in [4.69, 9.17) is 5.84 Å². The number of nitrogens with zero attached hydrogens (tertiary/aromatic N) is 3. The SMILES string of the molecule is NNC(Cc1ccc2ccccc2n1)c1cnns1. The third kappa shape index (κ3) is 2.60. The van der Waals surface area contributed by atoms with Gasteiger partial charge in [-0.1, -0.05) is 28.8 Å². The van der Waals surface area contributed by atoms with Crippen molar-refractivity contribution < 1.29 is 0 Å². The van der Waals surface area contributed by atoms with Crippen LogP contribution in [0.25, 0.3) is 10.9 Å². The highest BCUT2D eigenvalue weighted by atomic mass is 32.1. The van der Waals surface area contributed by atoms with Crippen LogP contribution in [0, 0.1) is 0 Å². The van der Waals surface area contributed by atoms with Crippen molar-refractivity contribution in [2.45, 2.75) is 12.5 Å². The van der Waals surface area contributed by atoms with Gasteiger partial charge in [0, 0.05) is 17.5 Å². The zero-order chi connectivity index (χ0) is 13.1. The van der Waals surface area contributed by atoms with E-state index in [1.807, 2.05) is 24.3 Å². The predicted molar refractivity (Wildman–Crippen MR) is 75.4 cm³/mol. The molecule has 1 unspecified atom stereocenters. The summed E-state index contributed by atoms with van der Waals surface area (Å²) in [5, 5.41) is 4.98. The van der Waals surface area contributed by atoms with Crippen molar-refractivity contribution in [3.05, 3.63) is 53.2 Å². The lowest BCUT2D eigenvalue weighted by Crippen LogP contribution is -2.29. The van der Waals surface area contributed by atoms with Gasteiger partial charge in [0.1, 0.15) is 0 Å². The maximum Gasteiger partial charge on any atom is 0.0705 e. The van der Waals surface area contributed by atoms with E-state index in [-0.39, 0.29) is 6.04 Å². The Morgan fingerprint density at radius 3 is 2.89 bits per heavy atom. The van der Waals surface area contributed by atoms with Gasteiger partial charge in [0.15, 0.2) is 0 Å². The zero-order valence-corrected chi connectivity index (χ0v) is 11.0. The van der Waals surface area contributed by atoms with Crippen molar-refractivity contribution in [2.24, 2.45) is 5.84 Å². The van der Waals surface area contributed by atoms with Gasteiger partial charge in [-0.15, -0.1) is 5.10 Å². The summed E-state index contributed by atoms with van der Waals surface area (Å²) in [5.74, 6) is 5.60. The molecule has 0 spiro atoms. The van der Waals surface area contributed by atoms with Gasteiger partial charge >= 0.3 is 0 Å². The first kappa shape index (κ1) is 12.2. The molecule has 5 nitrogen and oxygen atoms in total. The summed E-state index contributed by atoms with van der Waals surface area (Å²) < 4.78 is 3.86. The molecule has 2 heterocycles. The minimum absolute atomic E-state index is 0.00587. The normalized spacial score (nSPS) is 12.7. The first-order valence-corrected chi connectivity index (χ1v) is 6.72. The van der Waals surface area contributed by atoms with Gasteiger partial charge in [0.05, 0.1) is 22.6 Å². The van der Waals surface area contributed by atoms with Crippen LogP contribution in [-0.4, -0.2) is 14.6 Å². The number of aromatic nitrogens is 3. The molecular formula is C13H13N5S. The number of para-hydroxylation sites is 1. The molecular weight excluding hydrogens is 258 g/mol. The average molecular weight is 271 g/mol. The maximum absolute atomic E-state index is 5.60. The molecule has 0 aliphatic rings. The van der Waals surface area contributed by atoms with Crippen LogP contribution in [0.4, 0.5) is 0 Å². The molecule has 0 saturated carbocycles. The van der Waals surface area contributed by atoms with Crippen molar-refractivity contribution in [1.82, 2.24) is 20.0 Å². The lowest BCUT2D eigenvalue weighted by atomic mass is 10.1. The minimum Gasteiger partial charge on any atom is -0.271 e. The molecule has 6 heteroatoms. The summed E-state index contributed by atoms with van der Waals surface area (Å²) in [6.07, 6.45) is 2.45. The molecule has 19 heavy (non-hydrogen) atoms. The van der Waals surface area contributed by atoms with Crippen molar-refractivity contribution in [1.29, 1.82) is 0 Å². The third-order valence-electron chi connectivity index (χ3n) is 2.99. The number of rotatable bonds is 4. The molecule has 2 aromatic heterocycles. The molecule has 0 bridgehead atoms. The molecule has 0 radical (unpaired) electrons. The molecule has 3 aromatic rings. The maximum atomic E-state index is 5.60. The topological polar surface area (TPSA) is 76.7 Å². The largest absolute Gasteiger partial charge is 0.271 e. The quantitative estimate of drug-likeness (QED) is 0.559. The second kappa shape index (κ2) is 5.40. The van der Waals surface area contributed by atoms with E-state index in [1.54, 1.807) is 6.20 Å². The molecule has 0 saturated heterocycles. The summed E-state index contributed by atoms with van der Waals surface area (Å²) >= 11 is 1.35.